The minimum atomic E-state index is -4.65. The normalized spacial score (nSPS) is 12.2. The van der Waals surface area contributed by atoms with Crippen LogP contribution in [0.25, 0.3) is 0 Å². The number of rotatable bonds is 23. The number of esters is 1. The SMILES string of the molecule is CC(=O)[O-].CCCC(=O)CCC(=O)OC(CC(=O)[O-])C[N+](C)(C)C.CCN(CC[N+](C)(C)[O-])C(C)=O.CCS(=O)(=O)[O-].CC[N+](C)(C)C.CC[N+](C)(C)[O-].COP(=O)([O-])OCC[N+](C)(C)C.COP(=O)([O-])[O-].[Cl-].[H-].[Na+].[Na+]. The number of carboxylic acid groups (broad SMARTS) is 2. The summed E-state index contributed by atoms with van der Waals surface area (Å²) >= 11 is 0. The van der Waals surface area contributed by atoms with E-state index >= 15 is 0 Å². The Bertz CT molecular complexity index is 1650. The molecule has 0 heterocycles. The monoisotopic (exact) mass is 1200 g/mol. The van der Waals surface area contributed by atoms with Crippen LogP contribution in [0.15, 0.2) is 0 Å². The molecule has 0 aromatic carbocycles. The second-order valence-corrected chi connectivity index (χ2v) is 23.8. The van der Waals surface area contributed by atoms with Crippen molar-refractivity contribution in [2.45, 2.75) is 86.7 Å². The minimum absolute atomic E-state index is 0. The van der Waals surface area contributed by atoms with E-state index in [-0.39, 0.29) is 126 Å². The molecule has 2 unspecified atom stereocenters. The number of carbonyl (C=O) groups excluding carboxylic acids is 5. The molecule has 0 aliphatic carbocycles. The molecule has 0 aliphatic rings. The van der Waals surface area contributed by atoms with Crippen LogP contribution in [0.1, 0.15) is 82.0 Å². The predicted molar refractivity (Wildman–Crippen MR) is 265 cm³/mol. The van der Waals surface area contributed by atoms with Crippen molar-refractivity contribution in [2.75, 3.05) is 164 Å². The number of Topliss-reactive ketones (excluding diaryl/α,β-unsaturated/α-hetero) is 1. The van der Waals surface area contributed by atoms with Crippen molar-refractivity contribution in [1.29, 1.82) is 0 Å². The smallest absolute Gasteiger partial charge is 1.00 e. The maximum absolute atomic E-state index is 11.6. The van der Waals surface area contributed by atoms with Gasteiger partial charge in [-0.3, -0.25) is 18.9 Å². The molecule has 75 heavy (non-hydrogen) atoms. The molecule has 448 valence electrons. The van der Waals surface area contributed by atoms with Crippen LogP contribution in [0.2, 0.25) is 0 Å². The van der Waals surface area contributed by atoms with Crippen LogP contribution >= 0.6 is 15.6 Å². The second kappa shape index (κ2) is 51.8. The number of carbonyl (C=O) groups is 5. The molecule has 1 amide bonds. The number of nitrogens with zero attached hydrogens (tertiary/aromatic N) is 6. The Morgan fingerprint density at radius 3 is 1.25 bits per heavy atom. The number of quaternary nitrogens is 5. The van der Waals surface area contributed by atoms with E-state index in [1.807, 2.05) is 63.1 Å². The van der Waals surface area contributed by atoms with Gasteiger partial charge in [-0.05, 0) is 34.1 Å². The molecule has 0 rings (SSSR count). The zero-order valence-corrected chi connectivity index (χ0v) is 57.3. The summed E-state index contributed by atoms with van der Waals surface area (Å²) in [5, 5.41) is 41.1. The van der Waals surface area contributed by atoms with Gasteiger partial charge in [0.05, 0.1) is 142 Å². The fraction of sp³-hybridized carbons (Fsp3) is 0.881. The Kier molecular flexibility index (Phi) is 69.1. The number of carboxylic acids is 2. The average Bonchev–Trinajstić information content (AvgIpc) is 3.15. The Morgan fingerprint density at radius 2 is 1.04 bits per heavy atom. The number of hydroxylamine groups is 6. The van der Waals surface area contributed by atoms with Crippen molar-refractivity contribution in [3.05, 3.63) is 10.4 Å². The number of ketones is 1. The molecule has 0 saturated carbocycles. The first kappa shape index (κ1) is 100.0. The van der Waals surface area contributed by atoms with Crippen LogP contribution in [0, 0.1) is 10.4 Å². The number of amides is 1. The zero-order valence-electron chi connectivity index (χ0n) is 50.9. The maximum Gasteiger partial charge on any atom is 1.00 e. The van der Waals surface area contributed by atoms with Gasteiger partial charge in [0.1, 0.15) is 25.5 Å². The largest absolute Gasteiger partial charge is 1.00 e. The van der Waals surface area contributed by atoms with Crippen LogP contribution < -0.4 is 96.4 Å². The molecule has 2 atom stereocenters. The summed E-state index contributed by atoms with van der Waals surface area (Å²) in [5.74, 6) is -3.13. The number of phosphoric acid groups is 2. The van der Waals surface area contributed by atoms with Crippen LogP contribution in [0.3, 0.4) is 0 Å². The summed E-state index contributed by atoms with van der Waals surface area (Å²) in [5.41, 5.74) is 0. The van der Waals surface area contributed by atoms with Gasteiger partial charge in [0.2, 0.25) is 5.91 Å². The molecule has 0 aromatic rings. The standard InChI is InChI=1S/C14H25NO5.C8H18N2O2.C6H16NO4P.C5H14N.C4H11NO.C2H6O3S.C2H4O2.CH5O4P.ClH.2Na.H/c1-5-6-11(16)7-8-14(19)20-12(9-13(17)18)10-15(2,3)4;1-5-9(8(2)11)6-7-10(3,4)12;1-7(2,3)5-6-11-12(8,9)10-4;1-5-6(2,3)4;1-4-5(2,3)6;1-2-6(3,4)5;1-2(3)4;1-5-6(2,3)4;;;;/h12H,5-10H2,1-4H3;5-7H2,1-4H3;5-6H2,1-4H3;5H2,1-4H3;4H2,1-3H3;2H2,1H3,(H,3,4,5);1H3,(H,3,4);1H3,(H2,2,3,4);1H;;;/q;;;+1;;;;;;2*+1;-1/p-5. The summed E-state index contributed by atoms with van der Waals surface area (Å²) in [6, 6.07) is 0. The van der Waals surface area contributed by atoms with Crippen LogP contribution in [0.5, 0.6) is 0 Å². The summed E-state index contributed by atoms with van der Waals surface area (Å²) in [6.07, 6.45) is 0.296. The molecule has 0 aliphatic heterocycles. The molecule has 0 radical (unpaired) electrons. The first-order chi connectivity index (χ1) is 31.7. The summed E-state index contributed by atoms with van der Waals surface area (Å²) in [4.78, 5) is 84.2. The maximum atomic E-state index is 11.6. The average molecular weight is 1200 g/mol. The van der Waals surface area contributed by atoms with Gasteiger partial charge in [-0.25, -0.2) is 8.42 Å². The van der Waals surface area contributed by atoms with Gasteiger partial charge in [-0.15, -0.1) is 0 Å². The first-order valence-electron chi connectivity index (χ1n) is 22.6. The van der Waals surface area contributed by atoms with E-state index in [0.29, 0.717) is 54.7 Å². The van der Waals surface area contributed by atoms with E-state index in [9.17, 15) is 71.5 Å². The molecule has 0 N–H and O–H groups in total. The number of phosphoric ester groups is 2. The van der Waals surface area contributed by atoms with E-state index in [1.165, 1.54) is 20.4 Å². The molecular weight excluding hydrogens is 1100 g/mol. The van der Waals surface area contributed by atoms with Crippen molar-refractivity contribution in [3.63, 3.8) is 0 Å². The fourth-order valence-electron chi connectivity index (χ4n) is 3.21. The van der Waals surface area contributed by atoms with E-state index in [4.69, 9.17) is 14.6 Å². The quantitative estimate of drug-likeness (QED) is 0.0229. The number of likely N-dealkylation sites (N-methyl/N-ethyl adjacent to an activating group) is 4. The van der Waals surface area contributed by atoms with E-state index < -0.39 is 49.8 Å². The molecule has 27 nitrogen and oxygen atoms in total. The third-order valence-corrected chi connectivity index (χ3v) is 9.94. The topological polar surface area (TPSA) is 378 Å². The van der Waals surface area contributed by atoms with Gasteiger partial charge in [0.15, 0.2) is 6.10 Å². The van der Waals surface area contributed by atoms with Crippen molar-refractivity contribution in [3.8, 4) is 0 Å². The number of halogens is 1. The van der Waals surface area contributed by atoms with Gasteiger partial charge >= 0.3 is 65.1 Å². The van der Waals surface area contributed by atoms with Gasteiger partial charge in [-0.1, -0.05) is 13.8 Å². The first-order valence-corrected chi connectivity index (χ1v) is 27.1. The van der Waals surface area contributed by atoms with Crippen LogP contribution in [-0.4, -0.2) is 240 Å². The van der Waals surface area contributed by atoms with Crippen molar-refractivity contribution in [2.24, 2.45) is 0 Å². The second-order valence-electron chi connectivity index (χ2n) is 19.3. The molecule has 0 spiro atoms. The van der Waals surface area contributed by atoms with Gasteiger partial charge < -0.3 is 114 Å². The number of hydrogen-bond acceptors (Lipinski definition) is 21. The Balaban J connectivity index is -0.0000000647. The molecule has 0 saturated heterocycles. The van der Waals surface area contributed by atoms with E-state index in [1.54, 1.807) is 33.1 Å². The zero-order chi connectivity index (χ0) is 59.8. The molecule has 33 heteroatoms. The Morgan fingerprint density at radius 1 is 0.667 bits per heavy atom. The summed E-state index contributed by atoms with van der Waals surface area (Å²) in [6.45, 7) is 16.3. The molecule has 0 bridgehead atoms. The van der Waals surface area contributed by atoms with Gasteiger partial charge in [0, 0.05) is 64.6 Å². The van der Waals surface area contributed by atoms with E-state index in [2.05, 4.69) is 41.6 Å². The minimum Gasteiger partial charge on any atom is -1.00 e. The van der Waals surface area contributed by atoms with Crippen LogP contribution in [0.4, 0.5) is 0 Å². The number of ether oxygens (including phenoxy) is 1. The van der Waals surface area contributed by atoms with Crippen LogP contribution in [-0.2, 0) is 61.5 Å². The Hall–Kier alpha value is -0.310. The predicted octanol–water partition coefficient (Wildman–Crippen LogP) is -10.7. The van der Waals surface area contributed by atoms with Gasteiger partial charge in [0.25, 0.3) is 7.82 Å². The van der Waals surface area contributed by atoms with Crippen molar-refractivity contribution >= 4 is 55.4 Å². The third kappa shape index (κ3) is 122. The van der Waals surface area contributed by atoms with Gasteiger partial charge in [-0.2, -0.15) is 0 Å². The molecule has 0 fully saturated rings. The number of aliphatic carboxylic acids is 2. The fourth-order valence-corrected chi connectivity index (χ4v) is 3.62. The van der Waals surface area contributed by atoms with Crippen molar-refractivity contribution in [1.82, 2.24) is 4.90 Å². The Labute approximate surface area is 502 Å². The third-order valence-electron chi connectivity index (χ3n) is 7.84. The molecule has 0 aromatic heterocycles. The van der Waals surface area contributed by atoms with E-state index in [0.717, 1.165) is 32.0 Å². The van der Waals surface area contributed by atoms with Crippen molar-refractivity contribution < 1.29 is 185 Å². The molecular formula is C42H96ClN6Na2O21P2S-3. The summed E-state index contributed by atoms with van der Waals surface area (Å²) < 4.78 is 67.1. The number of hydrogen-bond donors (Lipinski definition) is 0. The summed E-state index contributed by atoms with van der Waals surface area (Å²) in [7, 11) is 13.8.